The van der Waals surface area contributed by atoms with E-state index < -0.39 is 27.4 Å². The molecule has 1 fully saturated rings. The van der Waals surface area contributed by atoms with E-state index in [0.717, 1.165) is 18.9 Å². The topological polar surface area (TPSA) is 128 Å². The summed E-state index contributed by atoms with van der Waals surface area (Å²) in [4.78, 5) is 39.4. The first-order valence-electron chi connectivity index (χ1n) is 9.69. The lowest BCUT2D eigenvalue weighted by Gasteiger charge is -2.15. The second kappa shape index (κ2) is 8.32. The van der Waals surface area contributed by atoms with Crippen LogP contribution in [0.2, 0.25) is 0 Å². The largest absolute Gasteiger partial charge is 0.322 e. The van der Waals surface area contributed by atoms with Crippen LogP contribution >= 0.6 is 0 Å². The maximum absolute atomic E-state index is 12.6. The Labute approximate surface area is 178 Å². The van der Waals surface area contributed by atoms with Gasteiger partial charge in [0, 0.05) is 35.6 Å². The van der Waals surface area contributed by atoms with Gasteiger partial charge >= 0.3 is 0 Å². The number of nitrogens with zero attached hydrogens (tertiary/aromatic N) is 1. The quantitative estimate of drug-likeness (QED) is 0.528. The Morgan fingerprint density at radius 1 is 0.903 bits per heavy atom. The molecule has 0 spiro atoms. The number of amides is 2. The van der Waals surface area contributed by atoms with Crippen LogP contribution in [-0.4, -0.2) is 42.6 Å². The summed E-state index contributed by atoms with van der Waals surface area (Å²) in [5.74, 6) is -1.27. The molecule has 1 saturated heterocycles. The van der Waals surface area contributed by atoms with Gasteiger partial charge in [0.15, 0.2) is 0 Å². The first-order chi connectivity index (χ1) is 14.9. The number of H-pyrrole nitrogens is 1. The fourth-order valence-corrected chi connectivity index (χ4v) is 5.02. The predicted molar refractivity (Wildman–Crippen MR) is 114 cm³/mol. The molecule has 31 heavy (non-hydrogen) atoms. The van der Waals surface area contributed by atoms with Crippen molar-refractivity contribution < 1.29 is 18.0 Å². The monoisotopic (exact) mass is 440 g/mol. The molecule has 2 aromatic carbocycles. The van der Waals surface area contributed by atoms with Crippen LogP contribution in [0, 0.1) is 0 Å². The number of pyridine rings is 1. The summed E-state index contributed by atoms with van der Waals surface area (Å²) in [7, 11) is -3.57. The summed E-state index contributed by atoms with van der Waals surface area (Å²) < 4.78 is 26.5. The number of benzene rings is 2. The van der Waals surface area contributed by atoms with E-state index in [2.05, 4.69) is 15.8 Å². The summed E-state index contributed by atoms with van der Waals surface area (Å²) >= 11 is 0. The molecule has 9 nitrogen and oxygen atoms in total. The molecule has 1 aliphatic rings. The van der Waals surface area contributed by atoms with Crippen molar-refractivity contribution in [2.45, 2.75) is 17.7 Å². The molecule has 4 rings (SSSR count). The van der Waals surface area contributed by atoms with Crippen molar-refractivity contribution in [3.8, 4) is 0 Å². The van der Waals surface area contributed by atoms with Gasteiger partial charge in [-0.25, -0.2) is 8.42 Å². The van der Waals surface area contributed by atoms with E-state index in [1.807, 2.05) is 0 Å². The maximum Gasteiger partial charge on any atom is 0.270 e. The molecule has 2 heterocycles. The molecule has 3 N–H and O–H groups in total. The molecule has 0 atom stereocenters. The van der Waals surface area contributed by atoms with Crippen molar-refractivity contribution >= 4 is 32.7 Å². The van der Waals surface area contributed by atoms with Crippen LogP contribution in [0.3, 0.4) is 0 Å². The molecule has 0 bridgehead atoms. The maximum atomic E-state index is 12.6. The molecule has 1 aliphatic heterocycles. The summed E-state index contributed by atoms with van der Waals surface area (Å²) in [6.45, 7) is 0.987. The van der Waals surface area contributed by atoms with Crippen LogP contribution < -0.4 is 16.4 Å². The Morgan fingerprint density at radius 3 is 2.26 bits per heavy atom. The molecule has 10 heteroatoms. The average molecular weight is 440 g/mol. The molecule has 3 aromatic rings. The van der Waals surface area contributed by atoms with E-state index in [4.69, 9.17) is 0 Å². The van der Waals surface area contributed by atoms with E-state index in [-0.39, 0.29) is 16.0 Å². The molecular weight excluding hydrogens is 420 g/mol. The molecule has 1 aromatic heterocycles. The van der Waals surface area contributed by atoms with Gasteiger partial charge in [0.25, 0.3) is 11.8 Å². The second-order valence-electron chi connectivity index (χ2n) is 7.14. The zero-order valence-electron chi connectivity index (χ0n) is 16.4. The van der Waals surface area contributed by atoms with E-state index in [0.29, 0.717) is 24.0 Å². The van der Waals surface area contributed by atoms with Crippen LogP contribution in [0.25, 0.3) is 10.9 Å². The fraction of sp³-hybridized carbons (Fsp3) is 0.190. The first-order valence-corrected chi connectivity index (χ1v) is 11.1. The lowest BCUT2D eigenvalue weighted by Crippen LogP contribution is -2.42. The number of hydrogen-bond donors (Lipinski definition) is 3. The lowest BCUT2D eigenvalue weighted by atomic mass is 10.1. The van der Waals surface area contributed by atoms with Gasteiger partial charge in [-0.05, 0) is 43.2 Å². The minimum atomic E-state index is -3.57. The lowest BCUT2D eigenvalue weighted by molar-refractivity contribution is 0.0847. The molecule has 2 amide bonds. The van der Waals surface area contributed by atoms with E-state index >= 15 is 0 Å². The Hall–Kier alpha value is -3.50. The third kappa shape index (κ3) is 4.21. The number of carbonyl (C=O) groups is 2. The van der Waals surface area contributed by atoms with Crippen molar-refractivity contribution in [3.05, 3.63) is 76.1 Å². The van der Waals surface area contributed by atoms with Crippen LogP contribution in [-0.2, 0) is 10.0 Å². The summed E-state index contributed by atoms with van der Waals surface area (Å²) in [5.41, 5.74) is 4.93. The van der Waals surface area contributed by atoms with Crippen LogP contribution in [0.4, 0.5) is 0 Å². The third-order valence-corrected chi connectivity index (χ3v) is 7.02. The highest BCUT2D eigenvalue weighted by Gasteiger charge is 2.27. The number of carbonyl (C=O) groups excluding carboxylic acids is 2. The van der Waals surface area contributed by atoms with Gasteiger partial charge in [-0.2, -0.15) is 4.31 Å². The van der Waals surface area contributed by atoms with Crippen LogP contribution in [0.15, 0.2) is 64.3 Å². The highest BCUT2D eigenvalue weighted by molar-refractivity contribution is 7.89. The van der Waals surface area contributed by atoms with Gasteiger partial charge in [-0.3, -0.25) is 25.2 Å². The SMILES string of the molecule is O=C(NNC(=O)c1cc(=O)[nH]c2ccccc12)c1ccc(S(=O)(=O)N2CCCC2)cc1. The number of hydrogen-bond acceptors (Lipinski definition) is 5. The van der Waals surface area contributed by atoms with Crippen molar-refractivity contribution in [3.63, 3.8) is 0 Å². The zero-order valence-corrected chi connectivity index (χ0v) is 17.2. The number of para-hydroxylation sites is 1. The van der Waals surface area contributed by atoms with E-state index in [9.17, 15) is 22.8 Å². The van der Waals surface area contributed by atoms with Crippen molar-refractivity contribution in [2.75, 3.05) is 13.1 Å². The van der Waals surface area contributed by atoms with Gasteiger partial charge in [0.1, 0.15) is 0 Å². The first kappa shape index (κ1) is 20.8. The van der Waals surface area contributed by atoms with E-state index in [1.54, 1.807) is 24.3 Å². The highest BCUT2D eigenvalue weighted by atomic mass is 32.2. The summed E-state index contributed by atoms with van der Waals surface area (Å²) in [6, 6.07) is 13.5. The Morgan fingerprint density at radius 2 is 1.55 bits per heavy atom. The summed E-state index contributed by atoms with van der Waals surface area (Å²) in [6.07, 6.45) is 1.67. The predicted octanol–water partition coefficient (Wildman–Crippen LogP) is 1.39. The number of aromatic nitrogens is 1. The minimum Gasteiger partial charge on any atom is -0.322 e. The summed E-state index contributed by atoms with van der Waals surface area (Å²) in [5, 5.41) is 0.533. The van der Waals surface area contributed by atoms with Gasteiger partial charge in [0.2, 0.25) is 15.6 Å². The second-order valence-corrected chi connectivity index (χ2v) is 9.07. The molecule has 0 radical (unpaired) electrons. The fourth-order valence-electron chi connectivity index (χ4n) is 3.50. The van der Waals surface area contributed by atoms with Crippen molar-refractivity contribution in [1.82, 2.24) is 20.1 Å². The smallest absolute Gasteiger partial charge is 0.270 e. The van der Waals surface area contributed by atoms with Gasteiger partial charge in [-0.15, -0.1) is 0 Å². The van der Waals surface area contributed by atoms with Gasteiger partial charge in [0.05, 0.1) is 10.5 Å². The van der Waals surface area contributed by atoms with Crippen LogP contribution in [0.1, 0.15) is 33.6 Å². The number of sulfonamides is 1. The normalized spacial score (nSPS) is 14.5. The Bertz CT molecular complexity index is 1310. The molecule has 0 aliphatic carbocycles. The van der Waals surface area contributed by atoms with Crippen molar-refractivity contribution in [2.24, 2.45) is 0 Å². The number of nitrogens with one attached hydrogen (secondary N) is 3. The standard InChI is InChI=1S/C21H20N4O5S/c26-19-13-17(16-5-1-2-6-18(16)22-19)21(28)24-23-20(27)14-7-9-15(10-8-14)31(29,30)25-11-3-4-12-25/h1-2,5-10,13H,3-4,11-12H2,(H,22,26)(H,23,27)(H,24,28). The molecule has 160 valence electrons. The average Bonchev–Trinajstić information content (AvgIpc) is 3.32. The number of hydrazine groups is 1. The molecular formula is C21H20N4O5S. The Balaban J connectivity index is 1.46. The number of fused-ring (bicyclic) bond motifs is 1. The van der Waals surface area contributed by atoms with Gasteiger partial charge < -0.3 is 4.98 Å². The number of aromatic amines is 1. The van der Waals surface area contributed by atoms with Gasteiger partial charge in [-0.1, -0.05) is 18.2 Å². The van der Waals surface area contributed by atoms with Crippen molar-refractivity contribution in [1.29, 1.82) is 0 Å². The minimum absolute atomic E-state index is 0.116. The number of rotatable bonds is 4. The third-order valence-electron chi connectivity index (χ3n) is 5.10. The zero-order chi connectivity index (χ0) is 22.0. The Kier molecular flexibility index (Phi) is 5.57. The molecule has 0 saturated carbocycles. The highest BCUT2D eigenvalue weighted by Crippen LogP contribution is 2.21. The van der Waals surface area contributed by atoms with E-state index in [1.165, 1.54) is 28.6 Å². The van der Waals surface area contributed by atoms with Crippen LogP contribution in [0.5, 0.6) is 0 Å². The molecule has 0 unspecified atom stereocenters.